The third kappa shape index (κ3) is 2.89. The standard InChI is InChI=1S/C20H21N3O2/c1-13-9-16(13)18-5-4-15(25-18)12-23-7-6-17-14(11-23)10-21-20(22-17)19-3-2-8-24-19/h2-5,8,10,13,16H,6-7,9,11-12H2,1H3. The van der Waals surface area contributed by atoms with E-state index in [0.717, 1.165) is 54.9 Å². The average molecular weight is 335 g/mol. The van der Waals surface area contributed by atoms with Crippen LogP contribution in [0.3, 0.4) is 0 Å². The van der Waals surface area contributed by atoms with Crippen LogP contribution >= 0.6 is 0 Å². The van der Waals surface area contributed by atoms with Gasteiger partial charge in [0.1, 0.15) is 11.5 Å². The molecule has 1 saturated carbocycles. The molecule has 5 nitrogen and oxygen atoms in total. The fraction of sp³-hybridized carbons (Fsp3) is 0.400. The maximum absolute atomic E-state index is 6.05. The molecule has 3 aromatic rings. The second-order valence-corrected chi connectivity index (χ2v) is 7.23. The predicted octanol–water partition coefficient (Wildman–Crippen LogP) is 4.01. The number of aromatic nitrogens is 2. The van der Waals surface area contributed by atoms with Crippen molar-refractivity contribution in [3.05, 3.63) is 59.5 Å². The molecule has 1 aliphatic carbocycles. The SMILES string of the molecule is CC1CC1c1ccc(CN2CCc3nc(-c4ccco4)ncc3C2)o1. The predicted molar refractivity (Wildman–Crippen MR) is 92.8 cm³/mol. The molecule has 3 aromatic heterocycles. The Morgan fingerprint density at radius 3 is 3.00 bits per heavy atom. The molecule has 2 atom stereocenters. The largest absolute Gasteiger partial charge is 0.464 e. The smallest absolute Gasteiger partial charge is 0.195 e. The Hall–Kier alpha value is -2.40. The van der Waals surface area contributed by atoms with E-state index in [1.807, 2.05) is 18.3 Å². The van der Waals surface area contributed by atoms with Gasteiger partial charge in [0, 0.05) is 37.2 Å². The molecule has 1 aliphatic heterocycles. The number of hydrogen-bond donors (Lipinski definition) is 0. The van der Waals surface area contributed by atoms with Gasteiger partial charge in [-0.05, 0) is 36.6 Å². The normalized spacial score (nSPS) is 22.8. The molecule has 2 aliphatic rings. The minimum absolute atomic E-state index is 0.643. The zero-order chi connectivity index (χ0) is 16.8. The minimum atomic E-state index is 0.643. The quantitative estimate of drug-likeness (QED) is 0.721. The summed E-state index contributed by atoms with van der Waals surface area (Å²) >= 11 is 0. The summed E-state index contributed by atoms with van der Waals surface area (Å²) < 4.78 is 11.4. The average Bonchev–Trinajstić information content (AvgIpc) is 3.06. The molecule has 5 rings (SSSR count). The van der Waals surface area contributed by atoms with Crippen molar-refractivity contribution in [1.82, 2.24) is 14.9 Å². The highest BCUT2D eigenvalue weighted by Crippen LogP contribution is 2.47. The maximum Gasteiger partial charge on any atom is 0.195 e. The number of rotatable bonds is 4. The Labute approximate surface area is 146 Å². The van der Waals surface area contributed by atoms with Crippen molar-refractivity contribution in [3.63, 3.8) is 0 Å². The van der Waals surface area contributed by atoms with Crippen LogP contribution in [0.5, 0.6) is 0 Å². The van der Waals surface area contributed by atoms with Gasteiger partial charge in [-0.2, -0.15) is 0 Å². The van der Waals surface area contributed by atoms with Crippen molar-refractivity contribution < 1.29 is 8.83 Å². The fourth-order valence-electron chi connectivity index (χ4n) is 3.65. The summed E-state index contributed by atoms with van der Waals surface area (Å²) in [5, 5.41) is 0. The van der Waals surface area contributed by atoms with Gasteiger partial charge >= 0.3 is 0 Å². The number of hydrogen-bond acceptors (Lipinski definition) is 5. The summed E-state index contributed by atoms with van der Waals surface area (Å²) in [7, 11) is 0. The summed E-state index contributed by atoms with van der Waals surface area (Å²) in [5.74, 6) is 5.04. The van der Waals surface area contributed by atoms with Crippen molar-refractivity contribution in [3.8, 4) is 11.6 Å². The van der Waals surface area contributed by atoms with Crippen LogP contribution in [0.2, 0.25) is 0 Å². The molecule has 0 bridgehead atoms. The van der Waals surface area contributed by atoms with Gasteiger partial charge in [0.05, 0.1) is 18.5 Å². The molecule has 0 aromatic carbocycles. The minimum Gasteiger partial charge on any atom is -0.464 e. The number of fused-ring (bicyclic) bond motifs is 1. The lowest BCUT2D eigenvalue weighted by Crippen LogP contribution is -2.30. The highest BCUT2D eigenvalue weighted by molar-refractivity contribution is 5.46. The Morgan fingerprint density at radius 2 is 2.20 bits per heavy atom. The van der Waals surface area contributed by atoms with Crippen molar-refractivity contribution in [2.45, 2.75) is 38.8 Å². The van der Waals surface area contributed by atoms with Crippen LogP contribution in [0.4, 0.5) is 0 Å². The van der Waals surface area contributed by atoms with Crippen molar-refractivity contribution in [2.24, 2.45) is 5.92 Å². The first kappa shape index (κ1) is 14.9. The number of nitrogens with zero attached hydrogens (tertiary/aromatic N) is 3. The second kappa shape index (κ2) is 5.85. The van der Waals surface area contributed by atoms with E-state index in [4.69, 9.17) is 8.83 Å². The molecule has 0 saturated heterocycles. The Kier molecular flexibility index (Phi) is 3.48. The zero-order valence-electron chi connectivity index (χ0n) is 14.3. The van der Waals surface area contributed by atoms with Crippen molar-refractivity contribution in [1.29, 1.82) is 0 Å². The molecule has 1 fully saturated rings. The van der Waals surface area contributed by atoms with Gasteiger partial charge < -0.3 is 8.83 Å². The fourth-order valence-corrected chi connectivity index (χ4v) is 3.65. The Morgan fingerprint density at radius 1 is 1.28 bits per heavy atom. The molecular weight excluding hydrogens is 314 g/mol. The first-order valence-electron chi connectivity index (χ1n) is 8.96. The van der Waals surface area contributed by atoms with Gasteiger partial charge in [0.25, 0.3) is 0 Å². The maximum atomic E-state index is 6.05. The van der Waals surface area contributed by atoms with E-state index in [2.05, 4.69) is 33.9 Å². The first-order valence-corrected chi connectivity index (χ1v) is 8.96. The molecular formula is C20H21N3O2. The van der Waals surface area contributed by atoms with Gasteiger partial charge in [-0.3, -0.25) is 4.90 Å². The van der Waals surface area contributed by atoms with E-state index in [0.29, 0.717) is 11.7 Å². The Balaban J connectivity index is 1.28. The van der Waals surface area contributed by atoms with E-state index in [9.17, 15) is 0 Å². The van der Waals surface area contributed by atoms with Crippen LogP contribution < -0.4 is 0 Å². The lowest BCUT2D eigenvalue weighted by molar-refractivity contribution is 0.221. The van der Waals surface area contributed by atoms with Gasteiger partial charge in [-0.15, -0.1) is 0 Å². The van der Waals surface area contributed by atoms with Crippen molar-refractivity contribution in [2.75, 3.05) is 6.54 Å². The second-order valence-electron chi connectivity index (χ2n) is 7.23. The first-order chi connectivity index (χ1) is 12.3. The van der Waals surface area contributed by atoms with Crippen LogP contribution in [0.15, 0.2) is 45.6 Å². The van der Waals surface area contributed by atoms with E-state index < -0.39 is 0 Å². The third-order valence-corrected chi connectivity index (χ3v) is 5.29. The summed E-state index contributed by atoms with van der Waals surface area (Å²) in [6, 6.07) is 8.04. The molecule has 25 heavy (non-hydrogen) atoms. The van der Waals surface area contributed by atoms with Gasteiger partial charge in [0.15, 0.2) is 11.6 Å². The van der Waals surface area contributed by atoms with Gasteiger partial charge in [-0.25, -0.2) is 9.97 Å². The van der Waals surface area contributed by atoms with E-state index >= 15 is 0 Å². The summed E-state index contributed by atoms with van der Waals surface area (Å²) in [5.41, 5.74) is 2.33. The molecule has 0 N–H and O–H groups in total. The van der Waals surface area contributed by atoms with Crippen LogP contribution in [-0.2, 0) is 19.5 Å². The molecule has 0 radical (unpaired) electrons. The highest BCUT2D eigenvalue weighted by Gasteiger charge is 2.36. The Bertz CT molecular complexity index is 884. The third-order valence-electron chi connectivity index (χ3n) is 5.29. The van der Waals surface area contributed by atoms with E-state index in [1.54, 1.807) is 6.26 Å². The summed E-state index contributed by atoms with van der Waals surface area (Å²) in [6.07, 6.45) is 5.78. The van der Waals surface area contributed by atoms with E-state index in [-0.39, 0.29) is 0 Å². The van der Waals surface area contributed by atoms with Crippen LogP contribution in [0.1, 0.15) is 42.0 Å². The van der Waals surface area contributed by atoms with E-state index in [1.165, 1.54) is 12.0 Å². The molecule has 5 heteroatoms. The van der Waals surface area contributed by atoms with Crippen LogP contribution in [0.25, 0.3) is 11.6 Å². The lowest BCUT2D eigenvalue weighted by atomic mass is 10.1. The molecule has 4 heterocycles. The van der Waals surface area contributed by atoms with Crippen LogP contribution in [0, 0.1) is 5.92 Å². The molecule has 128 valence electrons. The van der Waals surface area contributed by atoms with Crippen molar-refractivity contribution >= 4 is 0 Å². The zero-order valence-corrected chi connectivity index (χ0v) is 14.3. The van der Waals surface area contributed by atoms with Gasteiger partial charge in [-0.1, -0.05) is 6.92 Å². The molecule has 0 spiro atoms. The molecule has 2 unspecified atom stereocenters. The molecule has 0 amide bonds. The van der Waals surface area contributed by atoms with Crippen LogP contribution in [-0.4, -0.2) is 21.4 Å². The number of furan rings is 2. The topological polar surface area (TPSA) is 55.3 Å². The van der Waals surface area contributed by atoms with Gasteiger partial charge in [0.2, 0.25) is 0 Å². The lowest BCUT2D eigenvalue weighted by Gasteiger charge is -2.27. The summed E-state index contributed by atoms with van der Waals surface area (Å²) in [6.45, 7) is 4.98. The highest BCUT2D eigenvalue weighted by atomic mass is 16.3. The monoisotopic (exact) mass is 335 g/mol. The summed E-state index contributed by atoms with van der Waals surface area (Å²) in [4.78, 5) is 11.6.